The van der Waals surface area contributed by atoms with E-state index in [-0.39, 0.29) is 11.4 Å². The van der Waals surface area contributed by atoms with Gasteiger partial charge in [0.15, 0.2) is 5.69 Å². The number of hydrogen-bond donors (Lipinski definition) is 0. The van der Waals surface area contributed by atoms with Crippen molar-refractivity contribution in [3.63, 3.8) is 0 Å². The van der Waals surface area contributed by atoms with Gasteiger partial charge in [0.05, 0.1) is 0 Å². The second kappa shape index (κ2) is 2.26. The minimum absolute atomic E-state index is 0.0251. The van der Waals surface area contributed by atoms with Crippen LogP contribution in [0.3, 0.4) is 0 Å². The summed E-state index contributed by atoms with van der Waals surface area (Å²) in [5, 5.41) is 13.4. The van der Waals surface area contributed by atoms with Gasteiger partial charge in [0.25, 0.3) is 5.56 Å². The van der Waals surface area contributed by atoms with Gasteiger partial charge in [0.1, 0.15) is 5.69 Å². The van der Waals surface area contributed by atoms with Gasteiger partial charge in [0.2, 0.25) is 0 Å². The van der Waals surface area contributed by atoms with E-state index in [1.165, 1.54) is 12.1 Å². The van der Waals surface area contributed by atoms with Crippen LogP contribution in [0.15, 0.2) is 27.2 Å². The van der Waals surface area contributed by atoms with E-state index in [1.54, 1.807) is 0 Å². The first-order valence-electron chi connectivity index (χ1n) is 3.11. The monoisotopic (exact) mass is 162 g/mol. The van der Waals surface area contributed by atoms with E-state index in [9.17, 15) is 9.59 Å². The molecule has 0 aromatic carbocycles. The molecule has 1 aromatic heterocycles. The van der Waals surface area contributed by atoms with Gasteiger partial charge in [-0.15, -0.1) is 20.4 Å². The summed E-state index contributed by atoms with van der Waals surface area (Å²) in [7, 11) is 0. The van der Waals surface area contributed by atoms with Crippen molar-refractivity contribution in [2.75, 3.05) is 0 Å². The Labute approximate surface area is 66.0 Å². The Morgan fingerprint density at radius 2 is 1.83 bits per heavy atom. The Morgan fingerprint density at radius 1 is 1.00 bits per heavy atom. The van der Waals surface area contributed by atoms with Gasteiger partial charge in [-0.3, -0.25) is 9.59 Å². The molecule has 58 valence electrons. The van der Waals surface area contributed by atoms with Gasteiger partial charge in [-0.05, 0) is 6.07 Å². The lowest BCUT2D eigenvalue weighted by Crippen LogP contribution is -2.02. The van der Waals surface area contributed by atoms with E-state index in [1.807, 2.05) is 0 Å². The Kier molecular flexibility index (Phi) is 1.26. The third kappa shape index (κ3) is 0.895. The van der Waals surface area contributed by atoms with Gasteiger partial charge < -0.3 is 0 Å². The number of amides is 1. The van der Waals surface area contributed by atoms with Crippen LogP contribution in [-0.2, 0) is 0 Å². The van der Waals surface area contributed by atoms with Gasteiger partial charge in [-0.1, -0.05) is 0 Å². The van der Waals surface area contributed by atoms with Crippen LogP contribution in [0.2, 0.25) is 0 Å². The van der Waals surface area contributed by atoms with Crippen LogP contribution in [0.1, 0.15) is 10.5 Å². The summed E-state index contributed by atoms with van der Waals surface area (Å²) < 4.78 is 0. The highest BCUT2D eigenvalue weighted by atomic mass is 16.2. The number of hydrogen-bond acceptors (Lipinski definition) is 5. The summed E-state index contributed by atoms with van der Waals surface area (Å²) >= 11 is 0. The minimum Gasteiger partial charge on any atom is -0.266 e. The minimum atomic E-state index is -0.562. The summed E-state index contributed by atoms with van der Waals surface area (Å²) in [6.45, 7) is 0. The molecule has 0 N–H and O–H groups in total. The molecule has 0 radical (unpaired) electrons. The van der Waals surface area contributed by atoms with Crippen molar-refractivity contribution in [3.8, 4) is 0 Å². The third-order valence-corrected chi connectivity index (χ3v) is 1.33. The first-order valence-corrected chi connectivity index (χ1v) is 3.11. The van der Waals surface area contributed by atoms with Crippen molar-refractivity contribution in [2.45, 2.75) is 0 Å². The topological polar surface area (TPSA) is 84.6 Å². The molecule has 0 aliphatic carbocycles. The number of azo groups is 1. The van der Waals surface area contributed by atoms with Gasteiger partial charge in [-0.25, -0.2) is 0 Å². The van der Waals surface area contributed by atoms with Crippen molar-refractivity contribution in [1.82, 2.24) is 10.2 Å². The predicted octanol–water partition coefficient (Wildman–Crippen LogP) is 0.0743. The van der Waals surface area contributed by atoms with Crippen LogP contribution < -0.4 is 5.56 Å². The van der Waals surface area contributed by atoms with E-state index in [2.05, 4.69) is 20.4 Å². The molecule has 1 aromatic rings. The molecule has 12 heavy (non-hydrogen) atoms. The van der Waals surface area contributed by atoms with Crippen LogP contribution >= 0.6 is 0 Å². The maximum atomic E-state index is 10.9. The predicted molar refractivity (Wildman–Crippen MR) is 37.1 cm³/mol. The summed E-state index contributed by atoms with van der Waals surface area (Å²) in [5.74, 6) is -0.562. The highest BCUT2D eigenvalue weighted by Crippen LogP contribution is 2.21. The molecule has 6 heteroatoms. The van der Waals surface area contributed by atoms with E-state index in [4.69, 9.17) is 0 Å². The summed E-state index contributed by atoms with van der Waals surface area (Å²) in [5.41, 5.74) is -0.195. The lowest BCUT2D eigenvalue weighted by Gasteiger charge is -1.78. The first kappa shape index (κ1) is 6.71. The Bertz CT molecular complexity index is 440. The normalized spacial score (nSPS) is 13.2. The van der Waals surface area contributed by atoms with E-state index < -0.39 is 11.5 Å². The Balaban J connectivity index is 2.78. The highest BCUT2D eigenvalue weighted by Gasteiger charge is 2.17. The molecule has 6 nitrogen and oxygen atoms in total. The fourth-order valence-electron chi connectivity index (χ4n) is 0.793. The average Bonchev–Trinajstić information content (AvgIpc) is 2.28. The van der Waals surface area contributed by atoms with Gasteiger partial charge in [0, 0.05) is 6.07 Å². The van der Waals surface area contributed by atoms with E-state index >= 15 is 0 Å². The van der Waals surface area contributed by atoms with E-state index in [0.29, 0.717) is 0 Å². The average molecular weight is 162 g/mol. The molecule has 1 amide bonds. The molecule has 2 rings (SSSR count). The number of carbonyl (C=O) groups is 1. The lowest BCUT2D eigenvalue weighted by atomic mass is 10.3. The van der Waals surface area contributed by atoms with Crippen molar-refractivity contribution in [2.24, 2.45) is 10.2 Å². The van der Waals surface area contributed by atoms with Crippen LogP contribution in [0.5, 0.6) is 0 Å². The number of nitrogens with zero attached hydrogens (tertiary/aromatic N) is 4. The Morgan fingerprint density at radius 3 is 2.67 bits per heavy atom. The lowest BCUT2D eigenvalue weighted by molar-refractivity contribution is 0.0997. The second-order valence-corrected chi connectivity index (χ2v) is 2.11. The fourth-order valence-corrected chi connectivity index (χ4v) is 0.793. The summed E-state index contributed by atoms with van der Waals surface area (Å²) in [6.07, 6.45) is 0. The van der Waals surface area contributed by atoms with Crippen LogP contribution in [0.25, 0.3) is 0 Å². The number of rotatable bonds is 0. The maximum Gasteiger partial charge on any atom is 0.318 e. The van der Waals surface area contributed by atoms with Crippen LogP contribution in [0.4, 0.5) is 5.69 Å². The summed E-state index contributed by atoms with van der Waals surface area (Å²) in [6, 6.07) is 2.55. The number of carbonyl (C=O) groups excluding carboxylic acids is 1. The second-order valence-electron chi connectivity index (χ2n) is 2.11. The van der Waals surface area contributed by atoms with Crippen molar-refractivity contribution >= 4 is 11.6 Å². The van der Waals surface area contributed by atoms with Crippen LogP contribution in [0, 0.1) is 0 Å². The zero-order chi connectivity index (χ0) is 8.55. The summed E-state index contributed by atoms with van der Waals surface area (Å²) in [4.78, 5) is 21.5. The standard InChI is InChI=1S/C6H2N4O2/c11-4-2-1-3-5(9-8-4)6(12)10-7-3/h1-2H. The molecular formula is C6H2N4O2. The third-order valence-electron chi connectivity index (χ3n) is 1.33. The molecule has 1 aliphatic rings. The number of aromatic nitrogens is 2. The van der Waals surface area contributed by atoms with Gasteiger partial charge in [-0.2, -0.15) is 0 Å². The zero-order valence-electron chi connectivity index (χ0n) is 5.76. The molecule has 2 heterocycles. The molecule has 0 atom stereocenters. The smallest absolute Gasteiger partial charge is 0.266 e. The number of fused-ring (bicyclic) bond motifs is 1. The largest absolute Gasteiger partial charge is 0.318 e. The molecule has 0 unspecified atom stereocenters. The molecular weight excluding hydrogens is 160 g/mol. The molecule has 0 fully saturated rings. The maximum absolute atomic E-state index is 10.9. The molecule has 0 bridgehead atoms. The highest BCUT2D eigenvalue weighted by molar-refractivity contribution is 5.99. The van der Waals surface area contributed by atoms with E-state index in [0.717, 1.165) is 0 Å². The molecule has 0 saturated heterocycles. The van der Waals surface area contributed by atoms with Gasteiger partial charge >= 0.3 is 5.91 Å². The zero-order valence-corrected chi connectivity index (χ0v) is 5.76. The van der Waals surface area contributed by atoms with Crippen molar-refractivity contribution in [1.29, 1.82) is 0 Å². The molecule has 0 spiro atoms. The molecule has 1 aliphatic heterocycles. The fraction of sp³-hybridized carbons (Fsp3) is 0. The molecule has 0 saturated carbocycles. The van der Waals surface area contributed by atoms with Crippen molar-refractivity contribution in [3.05, 3.63) is 28.2 Å². The Hall–Kier alpha value is -1.98. The quantitative estimate of drug-likeness (QED) is 0.540. The van der Waals surface area contributed by atoms with Crippen LogP contribution in [-0.4, -0.2) is 16.1 Å². The SMILES string of the molecule is O=C1N=Nc2ccc(=O)nnc21. The van der Waals surface area contributed by atoms with Crippen molar-refractivity contribution < 1.29 is 4.79 Å². The first-order chi connectivity index (χ1) is 5.77.